The second-order valence-corrected chi connectivity index (χ2v) is 5.18. The number of benzene rings is 1. The Balaban J connectivity index is 1.88. The van der Waals surface area contributed by atoms with Crippen LogP contribution in [0.5, 0.6) is 0 Å². The molecule has 1 fully saturated rings. The molecule has 1 aromatic carbocycles. The van der Waals surface area contributed by atoms with Gasteiger partial charge in [0.2, 0.25) is 5.91 Å². The lowest BCUT2D eigenvalue weighted by molar-refractivity contribution is -0.116. The van der Waals surface area contributed by atoms with E-state index in [2.05, 4.69) is 10.2 Å². The van der Waals surface area contributed by atoms with Crippen LogP contribution in [0.4, 0.5) is 5.69 Å². The van der Waals surface area contributed by atoms with Gasteiger partial charge in [-0.15, -0.1) is 0 Å². The number of nitrogens with zero attached hydrogens (tertiary/aromatic N) is 1. The molecule has 2 N–H and O–H groups in total. The van der Waals surface area contributed by atoms with Crippen molar-refractivity contribution >= 4 is 17.6 Å². The van der Waals surface area contributed by atoms with Crippen molar-refractivity contribution in [2.24, 2.45) is 0 Å². The molecule has 5 nitrogen and oxygen atoms in total. The summed E-state index contributed by atoms with van der Waals surface area (Å²) >= 11 is 0. The predicted octanol–water partition coefficient (Wildman–Crippen LogP) is 2.12. The van der Waals surface area contributed by atoms with E-state index in [0.29, 0.717) is 12.1 Å². The summed E-state index contributed by atoms with van der Waals surface area (Å²) in [6.45, 7) is 4.75. The molecule has 5 heteroatoms. The maximum Gasteiger partial charge on any atom is 0.335 e. The Morgan fingerprint density at radius 1 is 1.30 bits per heavy atom. The van der Waals surface area contributed by atoms with Crippen LogP contribution in [-0.2, 0) is 4.79 Å². The van der Waals surface area contributed by atoms with E-state index in [1.807, 2.05) is 0 Å². The first-order chi connectivity index (χ1) is 9.56. The number of rotatable bonds is 5. The summed E-state index contributed by atoms with van der Waals surface area (Å²) in [4.78, 5) is 25.0. The molecule has 20 heavy (non-hydrogen) atoms. The Kier molecular flexibility index (Phi) is 4.74. The predicted molar refractivity (Wildman–Crippen MR) is 77.1 cm³/mol. The molecule has 1 saturated heterocycles. The summed E-state index contributed by atoms with van der Waals surface area (Å²) in [5.74, 6) is -0.983. The van der Waals surface area contributed by atoms with Gasteiger partial charge >= 0.3 is 5.97 Å². The van der Waals surface area contributed by atoms with Crippen LogP contribution in [0.2, 0.25) is 0 Å². The van der Waals surface area contributed by atoms with Crippen molar-refractivity contribution in [3.8, 4) is 0 Å². The van der Waals surface area contributed by atoms with Crippen molar-refractivity contribution in [3.05, 3.63) is 29.3 Å². The molecule has 0 aromatic heterocycles. The van der Waals surface area contributed by atoms with Crippen LogP contribution in [0, 0.1) is 6.92 Å². The fraction of sp³-hybridized carbons (Fsp3) is 0.467. The van der Waals surface area contributed by atoms with Gasteiger partial charge in [-0.3, -0.25) is 4.79 Å². The minimum atomic E-state index is -0.958. The summed E-state index contributed by atoms with van der Waals surface area (Å²) < 4.78 is 0. The first-order valence-electron chi connectivity index (χ1n) is 6.92. The van der Waals surface area contributed by atoms with E-state index in [1.54, 1.807) is 19.1 Å². The van der Waals surface area contributed by atoms with Gasteiger partial charge in [0, 0.05) is 18.7 Å². The Hall–Kier alpha value is -1.88. The van der Waals surface area contributed by atoms with Crippen LogP contribution in [0.1, 0.15) is 35.2 Å². The maximum atomic E-state index is 11.9. The molecule has 1 aliphatic rings. The summed E-state index contributed by atoms with van der Waals surface area (Å²) in [6, 6.07) is 4.72. The average molecular weight is 276 g/mol. The van der Waals surface area contributed by atoms with Gasteiger partial charge in [-0.25, -0.2) is 4.79 Å². The molecule has 0 radical (unpaired) electrons. The average Bonchev–Trinajstić information content (AvgIpc) is 2.91. The Morgan fingerprint density at radius 3 is 2.60 bits per heavy atom. The van der Waals surface area contributed by atoms with E-state index >= 15 is 0 Å². The third-order valence-electron chi connectivity index (χ3n) is 3.60. The molecule has 0 bridgehead atoms. The van der Waals surface area contributed by atoms with E-state index in [1.165, 1.54) is 18.9 Å². The van der Waals surface area contributed by atoms with Crippen molar-refractivity contribution in [3.63, 3.8) is 0 Å². The quantitative estimate of drug-likeness (QED) is 0.864. The van der Waals surface area contributed by atoms with Crippen LogP contribution < -0.4 is 5.32 Å². The number of carboxylic acids is 1. The zero-order chi connectivity index (χ0) is 14.5. The van der Waals surface area contributed by atoms with E-state index in [-0.39, 0.29) is 11.5 Å². The topological polar surface area (TPSA) is 69.6 Å². The maximum absolute atomic E-state index is 11.9. The number of carbonyl (C=O) groups excluding carboxylic acids is 1. The molecule has 0 spiro atoms. The lowest BCUT2D eigenvalue weighted by atomic mass is 10.1. The highest BCUT2D eigenvalue weighted by Gasteiger charge is 2.13. The van der Waals surface area contributed by atoms with Gasteiger partial charge in [0.15, 0.2) is 0 Å². The number of carboxylic acid groups (broad SMARTS) is 1. The van der Waals surface area contributed by atoms with Gasteiger partial charge in [-0.05, 0) is 56.6 Å². The Labute approximate surface area is 118 Å². The molecule has 0 unspecified atom stereocenters. The molecule has 1 aliphatic heterocycles. The summed E-state index contributed by atoms with van der Waals surface area (Å²) in [5.41, 5.74) is 1.68. The smallest absolute Gasteiger partial charge is 0.335 e. The van der Waals surface area contributed by atoms with Crippen molar-refractivity contribution < 1.29 is 14.7 Å². The standard InChI is InChI=1S/C15H20N2O3/c1-11-10-12(15(19)20)4-5-13(11)16-14(18)6-9-17-7-2-3-8-17/h4-5,10H,2-3,6-9H2,1H3,(H,16,18)(H,19,20). The highest BCUT2D eigenvalue weighted by atomic mass is 16.4. The van der Waals surface area contributed by atoms with E-state index in [0.717, 1.165) is 25.2 Å². The second kappa shape index (κ2) is 6.52. The molecule has 0 saturated carbocycles. The molecule has 1 amide bonds. The summed E-state index contributed by atoms with van der Waals surface area (Å²) in [7, 11) is 0. The van der Waals surface area contributed by atoms with Gasteiger partial charge in [0.25, 0.3) is 0 Å². The zero-order valence-electron chi connectivity index (χ0n) is 11.7. The number of hydrogen-bond acceptors (Lipinski definition) is 3. The molecule has 0 aliphatic carbocycles. The lowest BCUT2D eigenvalue weighted by Crippen LogP contribution is -2.25. The first-order valence-corrected chi connectivity index (χ1v) is 6.92. The highest BCUT2D eigenvalue weighted by molar-refractivity contribution is 5.93. The zero-order valence-corrected chi connectivity index (χ0v) is 11.7. The minimum Gasteiger partial charge on any atom is -0.478 e. The van der Waals surface area contributed by atoms with Crippen LogP contribution in [-0.4, -0.2) is 41.5 Å². The fourth-order valence-corrected chi connectivity index (χ4v) is 2.42. The van der Waals surface area contributed by atoms with Gasteiger partial charge in [0.1, 0.15) is 0 Å². The van der Waals surface area contributed by atoms with E-state index < -0.39 is 5.97 Å². The van der Waals surface area contributed by atoms with Crippen LogP contribution in [0.15, 0.2) is 18.2 Å². The molecule has 1 heterocycles. The number of nitrogens with one attached hydrogen (secondary N) is 1. The van der Waals surface area contributed by atoms with E-state index in [4.69, 9.17) is 5.11 Å². The monoisotopic (exact) mass is 276 g/mol. The molecule has 108 valence electrons. The number of carbonyl (C=O) groups is 2. The van der Waals surface area contributed by atoms with Crippen molar-refractivity contribution in [1.82, 2.24) is 4.90 Å². The first kappa shape index (κ1) is 14.5. The van der Waals surface area contributed by atoms with E-state index in [9.17, 15) is 9.59 Å². The van der Waals surface area contributed by atoms with Gasteiger partial charge in [-0.1, -0.05) is 0 Å². The van der Waals surface area contributed by atoms with Crippen molar-refractivity contribution in [2.45, 2.75) is 26.2 Å². The van der Waals surface area contributed by atoms with Crippen molar-refractivity contribution in [2.75, 3.05) is 25.0 Å². The van der Waals surface area contributed by atoms with Gasteiger partial charge in [0.05, 0.1) is 5.56 Å². The number of hydrogen-bond donors (Lipinski definition) is 2. The van der Waals surface area contributed by atoms with Crippen LogP contribution in [0.25, 0.3) is 0 Å². The molecule has 1 aromatic rings. The van der Waals surface area contributed by atoms with Crippen LogP contribution in [0.3, 0.4) is 0 Å². The Bertz CT molecular complexity index is 508. The number of anilines is 1. The van der Waals surface area contributed by atoms with Crippen LogP contribution >= 0.6 is 0 Å². The lowest BCUT2D eigenvalue weighted by Gasteiger charge is -2.14. The molecular formula is C15H20N2O3. The van der Waals surface area contributed by atoms with Gasteiger partial charge in [-0.2, -0.15) is 0 Å². The van der Waals surface area contributed by atoms with Crippen molar-refractivity contribution in [1.29, 1.82) is 0 Å². The summed E-state index contributed by atoms with van der Waals surface area (Å²) in [5, 5.41) is 11.7. The fourth-order valence-electron chi connectivity index (χ4n) is 2.42. The SMILES string of the molecule is Cc1cc(C(=O)O)ccc1NC(=O)CCN1CCCC1. The number of likely N-dealkylation sites (tertiary alicyclic amines) is 1. The third kappa shape index (κ3) is 3.81. The third-order valence-corrected chi connectivity index (χ3v) is 3.60. The summed E-state index contributed by atoms with van der Waals surface area (Å²) in [6.07, 6.45) is 2.91. The minimum absolute atomic E-state index is 0.0249. The second-order valence-electron chi connectivity index (χ2n) is 5.18. The normalized spacial score (nSPS) is 15.2. The molecular weight excluding hydrogens is 256 g/mol. The molecule has 0 atom stereocenters. The number of aromatic carboxylic acids is 1. The number of amides is 1. The Morgan fingerprint density at radius 2 is 2.00 bits per heavy atom. The molecule has 2 rings (SSSR count). The number of aryl methyl sites for hydroxylation is 1. The highest BCUT2D eigenvalue weighted by Crippen LogP contribution is 2.17. The largest absolute Gasteiger partial charge is 0.478 e. The van der Waals surface area contributed by atoms with Gasteiger partial charge < -0.3 is 15.3 Å².